The first-order chi connectivity index (χ1) is 20.9. The minimum Gasteiger partial charge on any atom is -0.493 e. The first kappa shape index (κ1) is 31.6. The molecule has 44 heavy (non-hydrogen) atoms. The number of esters is 1. The van der Waals surface area contributed by atoms with Crippen molar-refractivity contribution in [1.82, 2.24) is 9.13 Å². The summed E-state index contributed by atoms with van der Waals surface area (Å²) in [6.45, 7) is 11.5. The van der Waals surface area contributed by atoms with Gasteiger partial charge in [-0.15, -0.1) is 0 Å². The van der Waals surface area contributed by atoms with Crippen molar-refractivity contribution in [3.8, 4) is 17.2 Å². The molecule has 0 bridgehead atoms. The number of thiazole rings is 1. The zero-order valence-corrected chi connectivity index (χ0v) is 27.9. The maximum Gasteiger partial charge on any atom is 0.338 e. The SMILES string of the molecule is CCOC(=O)C1=C(C)N=c2s/c(=C/c3cc(C)n(-c4ccc(Cl)c(Cl)c4)c3C)c(=O)n2[C@H]1c1ccc(OC(C)C)c(OC)c1. The van der Waals surface area contributed by atoms with E-state index in [2.05, 4.69) is 4.57 Å². The standard InChI is InChI=1S/C33H33Cl2N3O5S/c1-8-42-32(40)29-19(5)36-33-38(30(29)21-9-12-26(43-17(2)3)27(14-21)41-7)31(39)28(44-33)15-22-13-18(4)37(20(22)6)23-10-11-24(34)25(35)16-23/h9-17,30H,8H2,1-7H3/b28-15+/t30-/m0/s1. The van der Waals surface area contributed by atoms with Gasteiger partial charge >= 0.3 is 5.97 Å². The van der Waals surface area contributed by atoms with Crippen LogP contribution in [0.15, 0.2) is 63.5 Å². The lowest BCUT2D eigenvalue weighted by molar-refractivity contribution is -0.139. The third kappa shape index (κ3) is 5.84. The molecular weight excluding hydrogens is 621 g/mol. The number of aromatic nitrogens is 2. The Bertz CT molecular complexity index is 1990. The Morgan fingerprint density at radius 2 is 1.82 bits per heavy atom. The van der Waals surface area contributed by atoms with Crippen LogP contribution < -0.4 is 24.4 Å². The Labute approximate surface area is 269 Å². The molecular formula is C33H33Cl2N3O5S. The Morgan fingerprint density at radius 1 is 1.07 bits per heavy atom. The number of fused-ring (bicyclic) bond motifs is 1. The molecule has 0 saturated heterocycles. The normalized spacial score (nSPS) is 15.0. The molecule has 0 saturated carbocycles. The largest absolute Gasteiger partial charge is 0.493 e. The maximum atomic E-state index is 14.2. The molecule has 230 valence electrons. The van der Waals surface area contributed by atoms with Gasteiger partial charge in [0, 0.05) is 17.1 Å². The zero-order chi connectivity index (χ0) is 31.9. The number of ether oxygens (including phenoxy) is 3. The summed E-state index contributed by atoms with van der Waals surface area (Å²) in [6, 6.07) is 12.1. The van der Waals surface area contributed by atoms with Gasteiger partial charge in [-0.25, -0.2) is 9.79 Å². The predicted molar refractivity (Wildman–Crippen MR) is 174 cm³/mol. The Hall–Kier alpha value is -3.79. The number of carbonyl (C=O) groups is 1. The zero-order valence-electron chi connectivity index (χ0n) is 25.5. The Kier molecular flexibility index (Phi) is 9.11. The van der Waals surface area contributed by atoms with Crippen LogP contribution in [0.2, 0.25) is 10.0 Å². The molecule has 0 spiro atoms. The molecule has 0 amide bonds. The number of halogens is 2. The summed E-state index contributed by atoms with van der Waals surface area (Å²) in [6.07, 6.45) is 1.80. The van der Waals surface area contributed by atoms with E-state index < -0.39 is 12.0 Å². The minimum atomic E-state index is -0.780. The molecule has 0 aliphatic carbocycles. The summed E-state index contributed by atoms with van der Waals surface area (Å²) in [4.78, 5) is 32.6. The van der Waals surface area contributed by atoms with Gasteiger partial charge in [-0.1, -0.05) is 40.6 Å². The topological polar surface area (TPSA) is 84.1 Å². The average Bonchev–Trinajstić information content (AvgIpc) is 3.43. The molecule has 0 N–H and O–H groups in total. The average molecular weight is 655 g/mol. The summed E-state index contributed by atoms with van der Waals surface area (Å²) in [5.74, 6) is 0.528. The Morgan fingerprint density at radius 3 is 2.48 bits per heavy atom. The van der Waals surface area contributed by atoms with Gasteiger partial charge in [0.25, 0.3) is 5.56 Å². The number of benzene rings is 2. The molecule has 3 heterocycles. The molecule has 0 radical (unpaired) electrons. The number of hydrogen-bond donors (Lipinski definition) is 0. The molecule has 0 unspecified atom stereocenters. The molecule has 5 rings (SSSR count). The Balaban J connectivity index is 1.69. The number of allylic oxidation sites excluding steroid dienone is 1. The van der Waals surface area contributed by atoms with Crippen molar-refractivity contribution < 1.29 is 19.0 Å². The predicted octanol–water partition coefficient (Wildman–Crippen LogP) is 6.31. The first-order valence-corrected chi connectivity index (χ1v) is 15.7. The van der Waals surface area contributed by atoms with Crippen molar-refractivity contribution >= 4 is 46.6 Å². The van der Waals surface area contributed by atoms with Crippen LogP contribution in [0.25, 0.3) is 11.8 Å². The lowest BCUT2D eigenvalue weighted by atomic mass is 9.95. The first-order valence-electron chi connectivity index (χ1n) is 14.1. The van der Waals surface area contributed by atoms with Crippen LogP contribution in [0.4, 0.5) is 0 Å². The fourth-order valence-electron chi connectivity index (χ4n) is 5.41. The van der Waals surface area contributed by atoms with Crippen LogP contribution in [0.5, 0.6) is 11.5 Å². The molecule has 2 aromatic carbocycles. The number of rotatable bonds is 8. The third-order valence-electron chi connectivity index (χ3n) is 7.30. The monoisotopic (exact) mass is 653 g/mol. The summed E-state index contributed by atoms with van der Waals surface area (Å²) in [5.41, 5.74) is 4.81. The quantitative estimate of drug-likeness (QED) is 0.208. The van der Waals surface area contributed by atoms with E-state index in [4.69, 9.17) is 42.4 Å². The maximum absolute atomic E-state index is 14.2. The van der Waals surface area contributed by atoms with E-state index >= 15 is 0 Å². The molecule has 1 aliphatic heterocycles. The van der Waals surface area contributed by atoms with Crippen molar-refractivity contribution in [2.24, 2.45) is 4.99 Å². The molecule has 4 aromatic rings. The second-order valence-electron chi connectivity index (χ2n) is 10.6. The van der Waals surface area contributed by atoms with Crippen LogP contribution in [0.3, 0.4) is 0 Å². The van der Waals surface area contributed by atoms with Crippen LogP contribution in [-0.4, -0.2) is 34.9 Å². The van der Waals surface area contributed by atoms with E-state index in [1.807, 2.05) is 58.0 Å². The van der Waals surface area contributed by atoms with Gasteiger partial charge in [-0.05, 0) is 95.1 Å². The van der Waals surface area contributed by atoms with Crippen LogP contribution in [0.1, 0.15) is 56.3 Å². The molecule has 8 nitrogen and oxygen atoms in total. The van der Waals surface area contributed by atoms with E-state index in [1.165, 1.54) is 11.3 Å². The van der Waals surface area contributed by atoms with Gasteiger partial charge in [0.1, 0.15) is 0 Å². The number of carbonyl (C=O) groups excluding carboxylic acids is 1. The summed E-state index contributed by atoms with van der Waals surface area (Å²) < 4.78 is 21.1. The third-order valence-corrected chi connectivity index (χ3v) is 9.02. The van der Waals surface area contributed by atoms with Gasteiger partial charge in [0.15, 0.2) is 16.3 Å². The molecule has 1 aliphatic rings. The molecule has 11 heteroatoms. The highest BCUT2D eigenvalue weighted by molar-refractivity contribution is 7.07. The van der Waals surface area contributed by atoms with Gasteiger partial charge in [-0.2, -0.15) is 0 Å². The van der Waals surface area contributed by atoms with Crippen molar-refractivity contribution in [3.05, 3.63) is 106 Å². The van der Waals surface area contributed by atoms with Crippen molar-refractivity contribution in [2.75, 3.05) is 13.7 Å². The van der Waals surface area contributed by atoms with E-state index in [-0.39, 0.29) is 18.3 Å². The van der Waals surface area contributed by atoms with Crippen molar-refractivity contribution in [3.63, 3.8) is 0 Å². The van der Waals surface area contributed by atoms with Crippen LogP contribution >= 0.6 is 34.5 Å². The number of nitrogens with zero attached hydrogens (tertiary/aromatic N) is 3. The van der Waals surface area contributed by atoms with Gasteiger partial charge in [0.05, 0.1) is 51.7 Å². The summed E-state index contributed by atoms with van der Waals surface area (Å²) in [5, 5.41) is 0.936. The lowest BCUT2D eigenvalue weighted by Crippen LogP contribution is -2.40. The van der Waals surface area contributed by atoms with Crippen LogP contribution in [0, 0.1) is 13.8 Å². The van der Waals surface area contributed by atoms with E-state index in [0.717, 1.165) is 22.6 Å². The van der Waals surface area contributed by atoms with Gasteiger partial charge in [0.2, 0.25) is 0 Å². The van der Waals surface area contributed by atoms with E-state index in [1.54, 1.807) is 43.7 Å². The minimum absolute atomic E-state index is 0.0664. The van der Waals surface area contributed by atoms with Gasteiger partial charge in [-0.3, -0.25) is 9.36 Å². The number of aryl methyl sites for hydroxylation is 1. The van der Waals surface area contributed by atoms with Crippen molar-refractivity contribution in [2.45, 2.75) is 53.7 Å². The van der Waals surface area contributed by atoms with E-state index in [9.17, 15) is 9.59 Å². The second-order valence-corrected chi connectivity index (χ2v) is 12.5. The number of methoxy groups -OCH3 is 1. The van der Waals surface area contributed by atoms with Crippen molar-refractivity contribution in [1.29, 1.82) is 0 Å². The fourth-order valence-corrected chi connectivity index (χ4v) is 6.74. The summed E-state index contributed by atoms with van der Waals surface area (Å²) in [7, 11) is 1.56. The summed E-state index contributed by atoms with van der Waals surface area (Å²) >= 11 is 13.7. The highest BCUT2D eigenvalue weighted by Gasteiger charge is 2.34. The highest BCUT2D eigenvalue weighted by atomic mass is 35.5. The lowest BCUT2D eigenvalue weighted by Gasteiger charge is -2.25. The fraction of sp³-hybridized carbons (Fsp3) is 0.303. The van der Waals surface area contributed by atoms with E-state index in [0.29, 0.717) is 47.7 Å². The highest BCUT2D eigenvalue weighted by Crippen LogP contribution is 2.36. The second kappa shape index (κ2) is 12.7. The van der Waals surface area contributed by atoms with Gasteiger partial charge < -0.3 is 18.8 Å². The number of hydrogen-bond acceptors (Lipinski definition) is 7. The molecule has 1 atom stereocenters. The van der Waals surface area contributed by atoms with Crippen LogP contribution in [-0.2, 0) is 9.53 Å². The smallest absolute Gasteiger partial charge is 0.338 e. The molecule has 0 fully saturated rings. The molecule has 2 aromatic heterocycles.